The fraction of sp³-hybridized carbons (Fsp3) is 0.176. The molecular formula is C17H13F3N2OS. The zero-order valence-electron chi connectivity index (χ0n) is 12.7. The monoisotopic (exact) mass is 350 g/mol. The van der Waals surface area contributed by atoms with Gasteiger partial charge in [0.05, 0.1) is 6.54 Å². The largest absolute Gasteiger partial charge is 0.473 e. The minimum Gasteiger partial charge on any atom is -0.317 e. The number of nitrogens with zero attached hydrogens (tertiary/aromatic N) is 2. The van der Waals surface area contributed by atoms with Crippen LogP contribution in [0.1, 0.15) is 11.3 Å². The van der Waals surface area contributed by atoms with Gasteiger partial charge < -0.3 is 4.57 Å². The van der Waals surface area contributed by atoms with Crippen molar-refractivity contribution in [3.63, 3.8) is 0 Å². The Morgan fingerprint density at radius 1 is 1.17 bits per heavy atom. The van der Waals surface area contributed by atoms with Gasteiger partial charge in [0.25, 0.3) is 0 Å². The number of carbonyl (C=O) groups is 1. The highest BCUT2D eigenvalue weighted by atomic mass is 32.1. The molecule has 0 spiro atoms. The number of hydrogen-bond acceptors (Lipinski definition) is 2. The third kappa shape index (κ3) is 3.26. The van der Waals surface area contributed by atoms with Crippen LogP contribution in [0.2, 0.25) is 0 Å². The molecule has 0 atom stereocenters. The molecule has 3 rings (SSSR count). The van der Waals surface area contributed by atoms with E-state index in [1.54, 1.807) is 16.9 Å². The first-order valence-corrected chi connectivity index (χ1v) is 8.01. The van der Waals surface area contributed by atoms with E-state index in [1.165, 1.54) is 0 Å². The van der Waals surface area contributed by atoms with Crippen molar-refractivity contribution in [1.82, 2.24) is 4.57 Å². The molecule has 124 valence electrons. The molecule has 0 fully saturated rings. The fourth-order valence-electron chi connectivity index (χ4n) is 2.45. The van der Waals surface area contributed by atoms with Crippen molar-refractivity contribution in [1.29, 1.82) is 0 Å². The van der Waals surface area contributed by atoms with Crippen LogP contribution in [-0.4, -0.2) is 16.7 Å². The first kappa shape index (κ1) is 16.4. The first-order valence-electron chi connectivity index (χ1n) is 7.14. The van der Waals surface area contributed by atoms with E-state index in [-0.39, 0.29) is 4.80 Å². The van der Waals surface area contributed by atoms with Crippen LogP contribution in [0, 0.1) is 6.92 Å². The smallest absolute Gasteiger partial charge is 0.317 e. The number of amides is 1. The van der Waals surface area contributed by atoms with Gasteiger partial charge in [-0.3, -0.25) is 4.79 Å². The van der Waals surface area contributed by atoms with Crippen molar-refractivity contribution < 1.29 is 18.0 Å². The van der Waals surface area contributed by atoms with Gasteiger partial charge in [-0.2, -0.15) is 18.2 Å². The Hall–Kier alpha value is -2.41. The van der Waals surface area contributed by atoms with Gasteiger partial charge in [-0.25, -0.2) is 0 Å². The van der Waals surface area contributed by atoms with Gasteiger partial charge in [-0.05, 0) is 23.3 Å². The zero-order chi connectivity index (χ0) is 17.3. The number of rotatable bonds is 2. The second-order valence-electron chi connectivity index (χ2n) is 5.30. The number of fused-ring (bicyclic) bond motifs is 1. The number of alkyl halides is 3. The Bertz CT molecular complexity index is 964. The Morgan fingerprint density at radius 3 is 2.62 bits per heavy atom. The molecule has 1 heterocycles. The maximum absolute atomic E-state index is 12.5. The quantitative estimate of drug-likeness (QED) is 0.687. The van der Waals surface area contributed by atoms with E-state index in [2.05, 4.69) is 4.99 Å². The molecule has 0 bridgehead atoms. The van der Waals surface area contributed by atoms with Crippen LogP contribution in [0.25, 0.3) is 10.8 Å². The van der Waals surface area contributed by atoms with Crippen LogP contribution in [0.4, 0.5) is 13.2 Å². The zero-order valence-corrected chi connectivity index (χ0v) is 13.5. The summed E-state index contributed by atoms with van der Waals surface area (Å²) in [7, 11) is 0. The van der Waals surface area contributed by atoms with Crippen molar-refractivity contribution >= 4 is 28.0 Å². The third-order valence-electron chi connectivity index (χ3n) is 3.64. The number of aryl methyl sites for hydroxylation is 1. The van der Waals surface area contributed by atoms with Gasteiger partial charge in [0, 0.05) is 11.1 Å². The molecular weight excluding hydrogens is 337 g/mol. The second kappa shape index (κ2) is 6.24. The highest BCUT2D eigenvalue weighted by Gasteiger charge is 2.38. The number of carbonyl (C=O) groups excluding carboxylic acids is 1. The third-order valence-corrected chi connectivity index (χ3v) is 4.62. The molecule has 3 aromatic rings. The van der Waals surface area contributed by atoms with Crippen LogP contribution in [0.15, 0.2) is 52.8 Å². The summed E-state index contributed by atoms with van der Waals surface area (Å²) in [6.45, 7) is 2.12. The molecule has 1 amide bonds. The van der Waals surface area contributed by atoms with Crippen LogP contribution in [0.3, 0.4) is 0 Å². The van der Waals surface area contributed by atoms with Gasteiger partial charge in [0.2, 0.25) is 0 Å². The summed E-state index contributed by atoms with van der Waals surface area (Å²) in [6, 6.07) is 13.6. The molecule has 0 saturated heterocycles. The molecule has 2 aromatic carbocycles. The average Bonchev–Trinajstić information content (AvgIpc) is 2.87. The number of thiazole rings is 1. The van der Waals surface area contributed by atoms with Crippen molar-refractivity contribution in [2.75, 3.05) is 0 Å². The molecule has 0 N–H and O–H groups in total. The number of hydrogen-bond donors (Lipinski definition) is 0. The highest BCUT2D eigenvalue weighted by molar-refractivity contribution is 7.07. The molecule has 0 radical (unpaired) electrons. The minimum atomic E-state index is -4.96. The molecule has 7 heteroatoms. The Morgan fingerprint density at radius 2 is 1.88 bits per heavy atom. The molecule has 24 heavy (non-hydrogen) atoms. The normalized spacial score (nSPS) is 12.8. The summed E-state index contributed by atoms with van der Waals surface area (Å²) < 4.78 is 39.0. The molecule has 3 nitrogen and oxygen atoms in total. The molecule has 0 aliphatic carbocycles. The lowest BCUT2D eigenvalue weighted by molar-refractivity contribution is -0.169. The highest BCUT2D eigenvalue weighted by Crippen LogP contribution is 2.20. The van der Waals surface area contributed by atoms with E-state index in [0.717, 1.165) is 33.4 Å². The molecule has 0 unspecified atom stereocenters. The second-order valence-corrected chi connectivity index (χ2v) is 6.14. The SMILES string of the molecule is Cc1cs/c(=N\C(=O)C(F)(F)F)n1Cc1cccc2ccccc12. The van der Waals surface area contributed by atoms with Gasteiger partial charge in [0.15, 0.2) is 4.80 Å². The molecule has 0 aliphatic heterocycles. The van der Waals surface area contributed by atoms with E-state index in [1.807, 2.05) is 42.5 Å². The van der Waals surface area contributed by atoms with Crippen LogP contribution in [0.5, 0.6) is 0 Å². The maximum Gasteiger partial charge on any atom is 0.473 e. The molecule has 0 saturated carbocycles. The summed E-state index contributed by atoms with van der Waals surface area (Å²) in [5, 5.41) is 3.76. The standard InChI is InChI=1S/C17H13F3N2OS/c1-11-10-24-16(21-15(23)17(18,19)20)22(11)9-13-7-4-6-12-5-2-3-8-14(12)13/h2-8,10H,9H2,1H3/b21-16-. The van der Waals surface area contributed by atoms with E-state index >= 15 is 0 Å². The van der Waals surface area contributed by atoms with Gasteiger partial charge in [-0.15, -0.1) is 11.3 Å². The number of benzene rings is 2. The van der Waals surface area contributed by atoms with Crippen molar-refractivity contribution in [3.05, 3.63) is 63.9 Å². The van der Waals surface area contributed by atoms with Gasteiger partial charge in [0.1, 0.15) is 0 Å². The number of halogens is 3. The van der Waals surface area contributed by atoms with Gasteiger partial charge in [-0.1, -0.05) is 42.5 Å². The van der Waals surface area contributed by atoms with E-state index in [4.69, 9.17) is 0 Å². The lowest BCUT2D eigenvalue weighted by Crippen LogP contribution is -2.26. The predicted molar refractivity (Wildman–Crippen MR) is 86.7 cm³/mol. The van der Waals surface area contributed by atoms with Crippen molar-refractivity contribution in [2.24, 2.45) is 4.99 Å². The maximum atomic E-state index is 12.5. The van der Waals surface area contributed by atoms with Crippen molar-refractivity contribution in [2.45, 2.75) is 19.6 Å². The Balaban J connectivity index is 2.06. The number of aromatic nitrogens is 1. The van der Waals surface area contributed by atoms with Crippen LogP contribution >= 0.6 is 11.3 Å². The van der Waals surface area contributed by atoms with Crippen LogP contribution < -0.4 is 4.80 Å². The van der Waals surface area contributed by atoms with Gasteiger partial charge >= 0.3 is 12.1 Å². The Kier molecular flexibility index (Phi) is 4.28. The van der Waals surface area contributed by atoms with E-state index in [9.17, 15) is 18.0 Å². The van der Waals surface area contributed by atoms with Crippen molar-refractivity contribution in [3.8, 4) is 0 Å². The summed E-state index contributed by atoms with van der Waals surface area (Å²) in [5.41, 5.74) is 1.71. The first-order chi connectivity index (χ1) is 11.4. The molecule has 1 aromatic heterocycles. The fourth-order valence-corrected chi connectivity index (χ4v) is 3.32. The van der Waals surface area contributed by atoms with E-state index < -0.39 is 12.1 Å². The predicted octanol–water partition coefficient (Wildman–Crippen LogP) is 4.05. The summed E-state index contributed by atoms with van der Waals surface area (Å²) in [4.78, 5) is 14.5. The topological polar surface area (TPSA) is 34.4 Å². The minimum absolute atomic E-state index is 0.0442. The van der Waals surface area contributed by atoms with Crippen LogP contribution in [-0.2, 0) is 11.3 Å². The summed E-state index contributed by atoms with van der Waals surface area (Å²) >= 11 is 1.02. The molecule has 0 aliphatic rings. The lowest BCUT2D eigenvalue weighted by atomic mass is 10.0. The summed E-state index contributed by atoms with van der Waals surface area (Å²) in [6.07, 6.45) is -4.96. The lowest BCUT2D eigenvalue weighted by Gasteiger charge is -2.09. The average molecular weight is 350 g/mol. The van der Waals surface area contributed by atoms with E-state index in [0.29, 0.717) is 6.54 Å². The Labute approximate surface area is 139 Å². The summed E-state index contributed by atoms with van der Waals surface area (Å²) in [5.74, 6) is -2.09.